The number of hydrogen-bond acceptors (Lipinski definition) is 6. The molecule has 0 spiro atoms. The fourth-order valence-corrected chi connectivity index (χ4v) is 3.20. The van der Waals surface area contributed by atoms with E-state index in [2.05, 4.69) is 20.4 Å². The van der Waals surface area contributed by atoms with Gasteiger partial charge >= 0.3 is 0 Å². The van der Waals surface area contributed by atoms with E-state index in [9.17, 15) is 9.90 Å². The Kier molecular flexibility index (Phi) is 3.97. The Bertz CT molecular complexity index is 903. The number of nitrogens with zero attached hydrogens (tertiary/aromatic N) is 3. The molecule has 1 atom stereocenters. The molecule has 7 nitrogen and oxygen atoms in total. The Morgan fingerprint density at radius 3 is 2.75 bits per heavy atom. The molecule has 0 amide bonds. The SMILES string of the molecule is CC(O)(CNc1nc2c(cnn2C(C)(C)C)c(=O)[nH]1)c1ccsc1. The maximum absolute atomic E-state index is 12.2. The van der Waals surface area contributed by atoms with Crippen molar-refractivity contribution < 1.29 is 5.11 Å². The zero-order chi connectivity index (χ0) is 17.5. The third-order valence-electron chi connectivity index (χ3n) is 3.82. The first-order valence-corrected chi connectivity index (χ1v) is 8.60. The number of aromatic amines is 1. The van der Waals surface area contributed by atoms with E-state index in [1.54, 1.807) is 11.6 Å². The summed E-state index contributed by atoms with van der Waals surface area (Å²) in [5.41, 5.74) is -0.264. The number of aromatic nitrogens is 4. The van der Waals surface area contributed by atoms with Crippen molar-refractivity contribution >= 4 is 28.3 Å². The molecule has 0 aliphatic rings. The molecule has 1 unspecified atom stereocenters. The second-order valence-electron chi connectivity index (χ2n) is 7.02. The van der Waals surface area contributed by atoms with E-state index in [1.807, 2.05) is 37.6 Å². The maximum atomic E-state index is 12.2. The lowest BCUT2D eigenvalue weighted by atomic mass is 9.99. The second-order valence-corrected chi connectivity index (χ2v) is 7.80. The number of thiophene rings is 1. The Morgan fingerprint density at radius 1 is 1.38 bits per heavy atom. The summed E-state index contributed by atoms with van der Waals surface area (Å²) in [5, 5.41) is 22.1. The van der Waals surface area contributed by atoms with Gasteiger partial charge in [-0.15, -0.1) is 0 Å². The van der Waals surface area contributed by atoms with Crippen LogP contribution in [0.15, 0.2) is 27.8 Å². The van der Waals surface area contributed by atoms with E-state index in [4.69, 9.17) is 0 Å². The molecule has 3 aromatic heterocycles. The van der Waals surface area contributed by atoms with Crippen molar-refractivity contribution in [1.29, 1.82) is 0 Å². The van der Waals surface area contributed by atoms with Gasteiger partial charge in [0.05, 0.1) is 18.3 Å². The van der Waals surface area contributed by atoms with Crippen LogP contribution < -0.4 is 10.9 Å². The Balaban J connectivity index is 1.92. The number of H-pyrrole nitrogens is 1. The zero-order valence-electron chi connectivity index (χ0n) is 14.1. The molecule has 3 N–H and O–H groups in total. The summed E-state index contributed by atoms with van der Waals surface area (Å²) in [5.74, 6) is 0.314. The summed E-state index contributed by atoms with van der Waals surface area (Å²) >= 11 is 1.53. The van der Waals surface area contributed by atoms with Gasteiger partial charge in [-0.05, 0) is 50.1 Å². The molecule has 128 valence electrons. The number of anilines is 1. The Morgan fingerprint density at radius 2 is 2.12 bits per heavy atom. The van der Waals surface area contributed by atoms with E-state index in [-0.39, 0.29) is 17.6 Å². The third kappa shape index (κ3) is 3.07. The molecule has 0 radical (unpaired) electrons. The summed E-state index contributed by atoms with van der Waals surface area (Å²) < 4.78 is 1.72. The van der Waals surface area contributed by atoms with Crippen LogP contribution in [0.5, 0.6) is 0 Å². The van der Waals surface area contributed by atoms with Crippen LogP contribution in [0.2, 0.25) is 0 Å². The molecule has 0 bridgehead atoms. The molecule has 0 saturated heterocycles. The fraction of sp³-hybridized carbons (Fsp3) is 0.438. The average molecular weight is 347 g/mol. The lowest BCUT2D eigenvalue weighted by molar-refractivity contribution is 0.0718. The van der Waals surface area contributed by atoms with Gasteiger partial charge in [0.1, 0.15) is 11.0 Å². The van der Waals surface area contributed by atoms with Gasteiger partial charge in [0.2, 0.25) is 5.95 Å². The number of fused-ring (bicyclic) bond motifs is 1. The largest absolute Gasteiger partial charge is 0.384 e. The highest BCUT2D eigenvalue weighted by molar-refractivity contribution is 7.08. The first-order chi connectivity index (χ1) is 11.2. The van der Waals surface area contributed by atoms with Crippen LogP contribution in [-0.4, -0.2) is 31.4 Å². The van der Waals surface area contributed by atoms with Crippen molar-refractivity contribution in [3.05, 3.63) is 38.9 Å². The topological polar surface area (TPSA) is 95.8 Å². The molecule has 3 aromatic rings. The number of aliphatic hydroxyl groups is 1. The predicted molar refractivity (Wildman–Crippen MR) is 95.5 cm³/mol. The van der Waals surface area contributed by atoms with Crippen molar-refractivity contribution in [3.8, 4) is 0 Å². The van der Waals surface area contributed by atoms with E-state index in [1.165, 1.54) is 17.5 Å². The van der Waals surface area contributed by atoms with E-state index in [0.717, 1.165) is 5.56 Å². The van der Waals surface area contributed by atoms with Gasteiger partial charge in [-0.3, -0.25) is 9.78 Å². The molecule has 0 saturated carbocycles. The fourth-order valence-electron chi connectivity index (χ4n) is 2.42. The lowest BCUT2D eigenvalue weighted by Crippen LogP contribution is -2.31. The quantitative estimate of drug-likeness (QED) is 0.673. The van der Waals surface area contributed by atoms with Crippen molar-refractivity contribution in [1.82, 2.24) is 19.7 Å². The van der Waals surface area contributed by atoms with Crippen LogP contribution in [0.3, 0.4) is 0 Å². The van der Waals surface area contributed by atoms with Gasteiger partial charge in [0.25, 0.3) is 5.56 Å². The molecular formula is C16H21N5O2S. The summed E-state index contributed by atoms with van der Waals surface area (Å²) in [6.45, 7) is 7.93. The molecule has 24 heavy (non-hydrogen) atoms. The Labute approximate surface area is 143 Å². The first kappa shape index (κ1) is 16.7. The highest BCUT2D eigenvalue weighted by Gasteiger charge is 2.24. The summed E-state index contributed by atoms with van der Waals surface area (Å²) in [6, 6.07) is 1.88. The van der Waals surface area contributed by atoms with Gasteiger partial charge < -0.3 is 10.4 Å². The summed E-state index contributed by atoms with van der Waals surface area (Å²) in [6.07, 6.45) is 1.53. The highest BCUT2D eigenvalue weighted by atomic mass is 32.1. The third-order valence-corrected chi connectivity index (χ3v) is 4.50. The normalized spacial score (nSPS) is 14.7. The average Bonchev–Trinajstić information content (AvgIpc) is 3.14. The minimum absolute atomic E-state index is 0.224. The monoisotopic (exact) mass is 347 g/mol. The first-order valence-electron chi connectivity index (χ1n) is 7.66. The minimum Gasteiger partial charge on any atom is -0.384 e. The molecule has 8 heteroatoms. The standard InChI is InChI=1S/C16H21N5O2S/c1-15(2,3)21-12-11(7-18-21)13(22)20-14(19-12)17-9-16(4,23)10-5-6-24-8-10/h5-8,23H,9H2,1-4H3,(H2,17,19,20,22). The highest BCUT2D eigenvalue weighted by Crippen LogP contribution is 2.23. The molecule has 3 rings (SSSR count). The maximum Gasteiger partial charge on any atom is 0.263 e. The molecule has 0 aromatic carbocycles. The second kappa shape index (κ2) is 5.71. The smallest absolute Gasteiger partial charge is 0.263 e. The van der Waals surface area contributed by atoms with E-state index >= 15 is 0 Å². The van der Waals surface area contributed by atoms with E-state index < -0.39 is 5.60 Å². The van der Waals surface area contributed by atoms with Gasteiger partial charge in [-0.25, -0.2) is 4.68 Å². The Hall–Kier alpha value is -2.19. The van der Waals surface area contributed by atoms with Crippen LogP contribution in [0.1, 0.15) is 33.3 Å². The molecular weight excluding hydrogens is 326 g/mol. The van der Waals surface area contributed by atoms with Gasteiger partial charge in [-0.1, -0.05) is 0 Å². The van der Waals surface area contributed by atoms with Crippen molar-refractivity contribution in [2.75, 3.05) is 11.9 Å². The van der Waals surface area contributed by atoms with Gasteiger partial charge in [0.15, 0.2) is 5.65 Å². The van der Waals surface area contributed by atoms with Crippen LogP contribution in [0, 0.1) is 0 Å². The van der Waals surface area contributed by atoms with Crippen molar-refractivity contribution in [2.24, 2.45) is 0 Å². The van der Waals surface area contributed by atoms with Crippen molar-refractivity contribution in [2.45, 2.75) is 38.8 Å². The van der Waals surface area contributed by atoms with Crippen LogP contribution in [0.25, 0.3) is 11.0 Å². The van der Waals surface area contributed by atoms with E-state index in [0.29, 0.717) is 17.0 Å². The zero-order valence-corrected chi connectivity index (χ0v) is 14.9. The minimum atomic E-state index is -1.06. The molecule has 0 aliphatic carbocycles. The molecule has 0 fully saturated rings. The number of nitrogens with one attached hydrogen (secondary N) is 2. The predicted octanol–water partition coefficient (Wildman–Crippen LogP) is 2.26. The van der Waals surface area contributed by atoms with Gasteiger partial charge in [0, 0.05) is 0 Å². The number of rotatable bonds is 4. The van der Waals surface area contributed by atoms with Crippen LogP contribution >= 0.6 is 11.3 Å². The lowest BCUT2D eigenvalue weighted by Gasteiger charge is -2.23. The summed E-state index contributed by atoms with van der Waals surface area (Å²) in [4.78, 5) is 19.4. The molecule has 0 aliphatic heterocycles. The van der Waals surface area contributed by atoms with Gasteiger partial charge in [-0.2, -0.15) is 21.4 Å². The number of hydrogen-bond donors (Lipinski definition) is 3. The van der Waals surface area contributed by atoms with Crippen molar-refractivity contribution in [3.63, 3.8) is 0 Å². The molecule has 3 heterocycles. The van der Waals surface area contributed by atoms with Crippen LogP contribution in [-0.2, 0) is 11.1 Å². The summed E-state index contributed by atoms with van der Waals surface area (Å²) in [7, 11) is 0. The van der Waals surface area contributed by atoms with Crippen LogP contribution in [0.4, 0.5) is 5.95 Å².